The lowest BCUT2D eigenvalue weighted by Gasteiger charge is -2.07. The summed E-state index contributed by atoms with van der Waals surface area (Å²) in [6, 6.07) is 8.27. The van der Waals surface area contributed by atoms with E-state index in [0.29, 0.717) is 5.92 Å². The van der Waals surface area contributed by atoms with Crippen molar-refractivity contribution in [2.24, 2.45) is 0 Å². The Balaban J connectivity index is 2.82. The zero-order valence-corrected chi connectivity index (χ0v) is 8.64. The van der Waals surface area contributed by atoms with Crippen molar-refractivity contribution in [3.63, 3.8) is 0 Å². The van der Waals surface area contributed by atoms with Crippen LogP contribution in [0, 0.1) is 12.3 Å². The Morgan fingerprint density at radius 2 is 2.33 bits per heavy atom. The molecule has 1 aromatic rings. The molecule has 0 spiro atoms. The lowest BCUT2D eigenvalue weighted by atomic mass is 9.99. The first-order chi connectivity index (χ1) is 5.74. The summed E-state index contributed by atoms with van der Waals surface area (Å²) in [6.07, 6.45) is 6.05. The van der Waals surface area contributed by atoms with Crippen LogP contribution in [0.4, 0.5) is 0 Å². The van der Waals surface area contributed by atoms with Gasteiger partial charge in [-0.2, -0.15) is 0 Å². The second-order valence-corrected chi connectivity index (χ2v) is 3.78. The summed E-state index contributed by atoms with van der Waals surface area (Å²) in [6.45, 7) is 2.14. The monoisotopic (exact) mass is 222 g/mol. The van der Waals surface area contributed by atoms with Crippen molar-refractivity contribution in [2.75, 3.05) is 0 Å². The molecular formula is C11H11Br. The SMILES string of the molecule is C#CCC(C)c1cccc(Br)c1. The molecule has 0 aliphatic carbocycles. The molecule has 62 valence electrons. The molecular weight excluding hydrogens is 212 g/mol. The number of hydrogen-bond donors (Lipinski definition) is 0. The lowest BCUT2D eigenvalue weighted by molar-refractivity contribution is 0.795. The second kappa shape index (κ2) is 4.33. The molecule has 12 heavy (non-hydrogen) atoms. The third kappa shape index (κ3) is 2.39. The molecule has 1 unspecified atom stereocenters. The molecule has 0 heterocycles. The molecule has 0 saturated carbocycles. The quantitative estimate of drug-likeness (QED) is 0.672. The van der Waals surface area contributed by atoms with E-state index in [1.807, 2.05) is 12.1 Å². The minimum Gasteiger partial charge on any atom is -0.120 e. The van der Waals surface area contributed by atoms with Gasteiger partial charge in [-0.15, -0.1) is 12.3 Å². The number of rotatable bonds is 2. The van der Waals surface area contributed by atoms with Crippen LogP contribution < -0.4 is 0 Å². The van der Waals surface area contributed by atoms with Crippen LogP contribution in [0.2, 0.25) is 0 Å². The van der Waals surface area contributed by atoms with Gasteiger partial charge in [0.15, 0.2) is 0 Å². The molecule has 1 aromatic carbocycles. The van der Waals surface area contributed by atoms with Gasteiger partial charge in [0.05, 0.1) is 0 Å². The Morgan fingerprint density at radius 3 is 2.92 bits per heavy atom. The summed E-state index contributed by atoms with van der Waals surface area (Å²) in [5, 5.41) is 0. The van der Waals surface area contributed by atoms with Crippen LogP contribution in [0.5, 0.6) is 0 Å². The zero-order valence-electron chi connectivity index (χ0n) is 7.05. The maximum atomic E-state index is 5.24. The zero-order chi connectivity index (χ0) is 8.97. The van der Waals surface area contributed by atoms with Crippen LogP contribution in [0.1, 0.15) is 24.8 Å². The first-order valence-electron chi connectivity index (χ1n) is 3.93. The maximum Gasteiger partial charge on any atom is 0.0178 e. The van der Waals surface area contributed by atoms with Crippen molar-refractivity contribution in [1.82, 2.24) is 0 Å². The Bertz CT molecular complexity index is 296. The molecule has 0 amide bonds. The molecule has 0 fully saturated rings. The topological polar surface area (TPSA) is 0 Å². The largest absolute Gasteiger partial charge is 0.120 e. The Hall–Kier alpha value is -0.740. The van der Waals surface area contributed by atoms with E-state index < -0.39 is 0 Å². The van der Waals surface area contributed by atoms with Gasteiger partial charge in [0.25, 0.3) is 0 Å². The molecule has 0 aromatic heterocycles. The van der Waals surface area contributed by atoms with Crippen molar-refractivity contribution in [3.8, 4) is 12.3 Å². The number of hydrogen-bond acceptors (Lipinski definition) is 0. The van der Waals surface area contributed by atoms with E-state index in [4.69, 9.17) is 6.42 Å². The summed E-state index contributed by atoms with van der Waals surface area (Å²) in [7, 11) is 0. The van der Waals surface area contributed by atoms with Gasteiger partial charge < -0.3 is 0 Å². The number of benzene rings is 1. The van der Waals surface area contributed by atoms with Gasteiger partial charge in [-0.05, 0) is 23.6 Å². The van der Waals surface area contributed by atoms with E-state index in [2.05, 4.69) is 40.9 Å². The average Bonchev–Trinajstić information content (AvgIpc) is 2.05. The van der Waals surface area contributed by atoms with Gasteiger partial charge in [0, 0.05) is 10.9 Å². The molecule has 0 saturated heterocycles. The minimum absolute atomic E-state index is 0.451. The second-order valence-electron chi connectivity index (χ2n) is 2.86. The van der Waals surface area contributed by atoms with Gasteiger partial charge in [0.2, 0.25) is 0 Å². The highest BCUT2D eigenvalue weighted by molar-refractivity contribution is 9.10. The molecule has 0 aliphatic heterocycles. The average molecular weight is 223 g/mol. The van der Waals surface area contributed by atoms with Crippen LogP contribution in [-0.2, 0) is 0 Å². The predicted molar refractivity (Wildman–Crippen MR) is 56.0 cm³/mol. The van der Waals surface area contributed by atoms with Crippen LogP contribution in [0.3, 0.4) is 0 Å². The van der Waals surface area contributed by atoms with Gasteiger partial charge >= 0.3 is 0 Å². The summed E-state index contributed by atoms with van der Waals surface area (Å²) >= 11 is 3.43. The lowest BCUT2D eigenvalue weighted by Crippen LogP contribution is -1.90. The van der Waals surface area contributed by atoms with Crippen molar-refractivity contribution in [2.45, 2.75) is 19.3 Å². The standard InChI is InChI=1S/C11H11Br/c1-3-5-9(2)10-6-4-7-11(12)8-10/h1,4,6-9H,5H2,2H3. The van der Waals surface area contributed by atoms with Crippen molar-refractivity contribution in [3.05, 3.63) is 34.3 Å². The van der Waals surface area contributed by atoms with Crippen LogP contribution in [-0.4, -0.2) is 0 Å². The van der Waals surface area contributed by atoms with Gasteiger partial charge in [-0.1, -0.05) is 35.0 Å². The predicted octanol–water partition coefficient (Wildman–Crippen LogP) is 3.58. The number of terminal acetylenes is 1. The Kier molecular flexibility index (Phi) is 3.37. The fraction of sp³-hybridized carbons (Fsp3) is 0.273. The molecule has 0 bridgehead atoms. The third-order valence-corrected chi connectivity index (χ3v) is 2.33. The third-order valence-electron chi connectivity index (χ3n) is 1.84. The Morgan fingerprint density at radius 1 is 1.58 bits per heavy atom. The van der Waals surface area contributed by atoms with Crippen LogP contribution in [0.25, 0.3) is 0 Å². The van der Waals surface area contributed by atoms with E-state index in [0.717, 1.165) is 10.9 Å². The Labute approximate surface area is 82.1 Å². The van der Waals surface area contributed by atoms with E-state index >= 15 is 0 Å². The van der Waals surface area contributed by atoms with E-state index in [1.165, 1.54) is 5.56 Å². The molecule has 1 rings (SSSR count). The smallest absolute Gasteiger partial charge is 0.0178 e. The van der Waals surface area contributed by atoms with Gasteiger partial charge in [-0.25, -0.2) is 0 Å². The van der Waals surface area contributed by atoms with Gasteiger partial charge in [-0.3, -0.25) is 0 Å². The van der Waals surface area contributed by atoms with Gasteiger partial charge in [0.1, 0.15) is 0 Å². The normalized spacial score (nSPS) is 12.1. The van der Waals surface area contributed by atoms with Crippen molar-refractivity contribution >= 4 is 15.9 Å². The van der Waals surface area contributed by atoms with E-state index in [-0.39, 0.29) is 0 Å². The molecule has 0 N–H and O–H groups in total. The minimum atomic E-state index is 0.451. The van der Waals surface area contributed by atoms with E-state index in [9.17, 15) is 0 Å². The van der Waals surface area contributed by atoms with Crippen LogP contribution >= 0.6 is 15.9 Å². The fourth-order valence-electron chi connectivity index (χ4n) is 1.11. The highest BCUT2D eigenvalue weighted by atomic mass is 79.9. The first-order valence-corrected chi connectivity index (χ1v) is 4.72. The molecule has 0 nitrogen and oxygen atoms in total. The summed E-state index contributed by atoms with van der Waals surface area (Å²) in [4.78, 5) is 0. The fourth-order valence-corrected chi connectivity index (χ4v) is 1.52. The van der Waals surface area contributed by atoms with Crippen LogP contribution in [0.15, 0.2) is 28.7 Å². The highest BCUT2D eigenvalue weighted by Crippen LogP contribution is 2.21. The van der Waals surface area contributed by atoms with E-state index in [1.54, 1.807) is 0 Å². The highest BCUT2D eigenvalue weighted by Gasteiger charge is 2.02. The van der Waals surface area contributed by atoms with Crippen molar-refractivity contribution in [1.29, 1.82) is 0 Å². The summed E-state index contributed by atoms with van der Waals surface area (Å²) in [5.74, 6) is 3.12. The number of halogens is 1. The molecule has 0 aliphatic rings. The summed E-state index contributed by atoms with van der Waals surface area (Å²) in [5.41, 5.74) is 1.29. The first kappa shape index (κ1) is 9.35. The van der Waals surface area contributed by atoms with Crippen molar-refractivity contribution < 1.29 is 0 Å². The summed E-state index contributed by atoms with van der Waals surface area (Å²) < 4.78 is 1.11. The maximum absolute atomic E-state index is 5.24. The molecule has 0 radical (unpaired) electrons. The molecule has 1 heteroatoms. The molecule has 1 atom stereocenters.